The zero-order valence-corrected chi connectivity index (χ0v) is 33.7. The number of hydrogen-bond donors (Lipinski definition) is 4. The minimum atomic E-state index is -2.23. The topological polar surface area (TPSA) is 204 Å². The van der Waals surface area contributed by atoms with Crippen LogP contribution >= 0.6 is 0 Å². The smallest absolute Gasteiger partial charge is 0.408 e. The summed E-state index contributed by atoms with van der Waals surface area (Å²) >= 11 is 0. The average Bonchev–Trinajstić information content (AvgIpc) is 3.15. The summed E-state index contributed by atoms with van der Waals surface area (Å²) in [6.07, 6.45) is -8.57. The number of carbonyl (C=O) groups excluding carboxylic acids is 5. The number of fused-ring (bicyclic) bond motifs is 5. The zero-order valence-electron chi connectivity index (χ0n) is 33.7. The van der Waals surface area contributed by atoms with Crippen molar-refractivity contribution < 1.29 is 63.0 Å². The van der Waals surface area contributed by atoms with Crippen molar-refractivity contribution in [2.45, 2.75) is 122 Å². The van der Waals surface area contributed by atoms with Gasteiger partial charge in [-0.15, -0.1) is 0 Å². The third-order valence-corrected chi connectivity index (χ3v) is 13.0. The van der Waals surface area contributed by atoms with E-state index in [4.69, 9.17) is 23.7 Å². The monoisotopic (exact) mass is 793 g/mol. The van der Waals surface area contributed by atoms with Gasteiger partial charge < -0.3 is 44.3 Å². The maximum absolute atomic E-state index is 14.9. The van der Waals surface area contributed by atoms with Crippen LogP contribution in [0.3, 0.4) is 0 Å². The summed E-state index contributed by atoms with van der Waals surface area (Å²) in [4.78, 5) is 70.8. The van der Waals surface area contributed by atoms with E-state index in [1.807, 2.05) is 0 Å². The maximum atomic E-state index is 14.9. The zero-order chi connectivity index (χ0) is 41.9. The van der Waals surface area contributed by atoms with Crippen LogP contribution in [-0.2, 0) is 38.1 Å². The number of Topliss-reactive ketones (excluding diaryl/α,β-unsaturated/α-hetero) is 2. The Morgan fingerprint density at radius 2 is 1.60 bits per heavy atom. The summed E-state index contributed by atoms with van der Waals surface area (Å²) in [5, 5.41) is 39.4. The van der Waals surface area contributed by atoms with E-state index in [2.05, 4.69) is 5.32 Å². The highest BCUT2D eigenvalue weighted by Gasteiger charge is 2.78. The summed E-state index contributed by atoms with van der Waals surface area (Å²) in [5.74, 6) is -7.45. The fraction of sp³-hybridized carbons (Fsp3) is 0.605. The predicted octanol–water partition coefficient (Wildman–Crippen LogP) is 3.88. The largest absolute Gasteiger partial charge is 0.460 e. The molecule has 3 aliphatic carbocycles. The predicted molar refractivity (Wildman–Crippen MR) is 202 cm³/mol. The lowest BCUT2D eigenvalue weighted by Crippen LogP contribution is -2.82. The van der Waals surface area contributed by atoms with Gasteiger partial charge in [-0.1, -0.05) is 69.3 Å². The quantitative estimate of drug-likeness (QED) is 0.162. The molecule has 2 aromatic rings. The highest BCUT2D eigenvalue weighted by Crippen LogP contribution is 2.64. The van der Waals surface area contributed by atoms with Gasteiger partial charge in [-0.05, 0) is 52.3 Å². The van der Waals surface area contributed by atoms with Crippen molar-refractivity contribution in [3.05, 3.63) is 71.8 Å². The molecule has 1 aliphatic heterocycles. The van der Waals surface area contributed by atoms with E-state index >= 15 is 0 Å². The molecular weight excluding hydrogens is 738 g/mol. The Balaban J connectivity index is 1.45. The third kappa shape index (κ3) is 7.07. The van der Waals surface area contributed by atoms with E-state index in [0.717, 1.165) is 0 Å². The number of aliphatic hydroxyl groups is 3. The second-order valence-electron chi connectivity index (χ2n) is 17.7. The van der Waals surface area contributed by atoms with Gasteiger partial charge in [0, 0.05) is 42.6 Å². The number of rotatable bonds is 9. The number of esters is 2. The van der Waals surface area contributed by atoms with Gasteiger partial charge in [0.1, 0.15) is 29.0 Å². The lowest BCUT2D eigenvalue weighted by molar-refractivity contribution is -0.359. The minimum absolute atomic E-state index is 0.0501. The summed E-state index contributed by atoms with van der Waals surface area (Å²) in [6, 6.07) is 15.0. The van der Waals surface area contributed by atoms with Crippen LogP contribution in [0, 0.1) is 28.6 Å². The molecule has 6 rings (SSSR count). The lowest BCUT2D eigenvalue weighted by atomic mass is 9.42. The molecule has 310 valence electrons. The molecule has 4 N–H and O–H groups in total. The molecule has 2 aromatic carbocycles. The van der Waals surface area contributed by atoms with Gasteiger partial charge >= 0.3 is 18.0 Å². The van der Waals surface area contributed by atoms with Crippen molar-refractivity contribution >= 4 is 29.6 Å². The molecule has 4 fully saturated rings. The van der Waals surface area contributed by atoms with Crippen LogP contribution in [0.2, 0.25) is 0 Å². The summed E-state index contributed by atoms with van der Waals surface area (Å²) < 4.78 is 30.1. The molecule has 57 heavy (non-hydrogen) atoms. The Labute approximate surface area is 332 Å². The molecule has 1 amide bonds. The number of benzene rings is 2. The van der Waals surface area contributed by atoms with Crippen LogP contribution in [0.5, 0.6) is 0 Å². The number of carbonyl (C=O) groups is 5. The van der Waals surface area contributed by atoms with Crippen molar-refractivity contribution in [3.8, 4) is 0 Å². The van der Waals surface area contributed by atoms with E-state index in [9.17, 15) is 39.3 Å². The first-order chi connectivity index (χ1) is 26.6. The fourth-order valence-corrected chi connectivity index (χ4v) is 9.94. The van der Waals surface area contributed by atoms with Gasteiger partial charge in [0.2, 0.25) is 11.6 Å². The molecule has 3 saturated carbocycles. The molecule has 2 bridgehead atoms. The molecule has 12 atom stereocenters. The Hall–Kier alpha value is -4.21. The van der Waals surface area contributed by atoms with Crippen LogP contribution in [0.1, 0.15) is 90.2 Å². The number of hydrogen-bond acceptors (Lipinski definition) is 13. The molecule has 1 heterocycles. The first-order valence-electron chi connectivity index (χ1n) is 19.6. The van der Waals surface area contributed by atoms with E-state index in [-0.39, 0.29) is 25.2 Å². The molecule has 1 saturated heterocycles. The maximum Gasteiger partial charge on any atom is 0.408 e. The Morgan fingerprint density at radius 3 is 2.16 bits per heavy atom. The Kier molecular flexibility index (Phi) is 11.3. The van der Waals surface area contributed by atoms with Gasteiger partial charge in [0.15, 0.2) is 6.10 Å². The number of aliphatic hydroxyl groups excluding tert-OH is 2. The highest BCUT2D eigenvalue weighted by atomic mass is 16.6. The minimum Gasteiger partial charge on any atom is -0.460 e. The second-order valence-corrected chi connectivity index (χ2v) is 17.7. The summed E-state index contributed by atoms with van der Waals surface area (Å²) in [7, 11) is 0. The van der Waals surface area contributed by atoms with Gasteiger partial charge in [-0.2, -0.15) is 0 Å². The molecule has 2 unspecified atom stereocenters. The standard InChI is InChI=1S/C43H55NO13/c1-9-54-42-22-53-28(42)20-27(45)41(8)33(42)35(56-36(49)25-18-14-11-15-19-25)43(52)21-26(23(2)29(40(43,6)7)31(46)34(41)48)55-37(50)32(47)30(24-16-12-10-13-17-24)44-38(51)57-39(3,4)5/h10-19,23,26-30,32-33,35,45,47,52H,9,20-22H2,1-8H3,(H,44,51)/t23?,26-,27-,28+,29?,30-,32+,33-,35-,41+,42-,43+/m0/s1. The van der Waals surface area contributed by atoms with Crippen molar-refractivity contribution in [2.24, 2.45) is 28.6 Å². The molecule has 14 nitrogen and oxygen atoms in total. The van der Waals surface area contributed by atoms with Crippen molar-refractivity contribution in [1.29, 1.82) is 0 Å². The van der Waals surface area contributed by atoms with Crippen molar-refractivity contribution in [3.63, 3.8) is 0 Å². The number of ketones is 2. The molecule has 0 aromatic heterocycles. The van der Waals surface area contributed by atoms with Gasteiger partial charge in [0.05, 0.1) is 35.8 Å². The van der Waals surface area contributed by atoms with Crippen LogP contribution in [0.15, 0.2) is 60.7 Å². The van der Waals surface area contributed by atoms with E-state index in [1.165, 1.54) is 19.1 Å². The lowest BCUT2D eigenvalue weighted by Gasteiger charge is -2.68. The summed E-state index contributed by atoms with van der Waals surface area (Å²) in [5.41, 5.74) is -7.44. The second kappa shape index (κ2) is 15.2. The van der Waals surface area contributed by atoms with Crippen molar-refractivity contribution in [2.75, 3.05) is 13.2 Å². The van der Waals surface area contributed by atoms with Crippen LogP contribution in [-0.4, -0.2) is 105 Å². The molecule has 4 aliphatic rings. The Morgan fingerprint density at radius 1 is 0.982 bits per heavy atom. The van der Waals surface area contributed by atoms with Crippen LogP contribution < -0.4 is 5.32 Å². The average molecular weight is 794 g/mol. The fourth-order valence-electron chi connectivity index (χ4n) is 9.94. The first kappa shape index (κ1) is 42.4. The SMILES string of the molecule is CCO[C@@]12CO[C@@H]1C[C@H](O)[C@@]1(C)C(=O)C(=O)C3C(C)[C@@H](OC(=O)[C@H](O)[C@@H](NC(=O)OC(C)(C)C)c4ccccc4)C[C@@](O)([C@@H](OC(=O)c4ccccc4)[C@H]21)C3(C)C. The molecule has 0 radical (unpaired) electrons. The van der Waals surface area contributed by atoms with E-state index in [0.29, 0.717) is 5.56 Å². The van der Waals surface area contributed by atoms with Crippen LogP contribution in [0.4, 0.5) is 4.79 Å². The Bertz CT molecular complexity index is 1860. The van der Waals surface area contributed by atoms with Crippen LogP contribution in [0.25, 0.3) is 0 Å². The molecule has 0 spiro atoms. The van der Waals surface area contributed by atoms with Gasteiger partial charge in [-0.25, -0.2) is 14.4 Å². The third-order valence-electron chi connectivity index (χ3n) is 13.0. The number of ether oxygens (including phenoxy) is 5. The van der Waals surface area contributed by atoms with E-state index < -0.39 is 118 Å². The first-order valence-corrected chi connectivity index (χ1v) is 19.6. The van der Waals surface area contributed by atoms with Crippen molar-refractivity contribution in [1.82, 2.24) is 5.32 Å². The highest BCUT2D eigenvalue weighted by molar-refractivity contribution is 6.40. The van der Waals surface area contributed by atoms with Gasteiger partial charge in [0.25, 0.3) is 0 Å². The molecular formula is C43H55NO13. The number of alkyl carbamates (subject to hydrolysis) is 1. The number of nitrogens with one attached hydrogen (secondary N) is 1. The normalized spacial score (nSPS) is 35.5. The molecule has 14 heteroatoms. The number of amides is 1. The summed E-state index contributed by atoms with van der Waals surface area (Å²) in [6.45, 7) is 13.1. The van der Waals surface area contributed by atoms with Gasteiger partial charge in [-0.3, -0.25) is 9.59 Å². The van der Waals surface area contributed by atoms with E-state index in [1.54, 1.807) is 97.0 Å².